The first-order valence-electron chi connectivity index (χ1n) is 9.22. The molecule has 3 heteroatoms. The third-order valence-electron chi connectivity index (χ3n) is 7.93. The van der Waals surface area contributed by atoms with Gasteiger partial charge in [0.25, 0.3) is 0 Å². The lowest BCUT2D eigenvalue weighted by molar-refractivity contribution is -0.265. The van der Waals surface area contributed by atoms with E-state index in [4.69, 9.17) is 0 Å². The van der Waals surface area contributed by atoms with E-state index in [2.05, 4.69) is 27.4 Å². The molecule has 132 valence electrons. The molecule has 0 aromatic heterocycles. The average molecular weight is 322 g/mol. The summed E-state index contributed by atoms with van der Waals surface area (Å²) in [4.78, 5) is 0. The zero-order valence-corrected chi connectivity index (χ0v) is 15.2. The monoisotopic (exact) mass is 322 g/mol. The molecule has 0 aromatic rings. The minimum Gasteiger partial charge on any atom is -0.390 e. The van der Waals surface area contributed by atoms with E-state index in [0.717, 1.165) is 19.3 Å². The third-order valence-corrected chi connectivity index (χ3v) is 7.93. The van der Waals surface area contributed by atoms with E-state index in [1.54, 1.807) is 6.08 Å². The highest BCUT2D eigenvalue weighted by molar-refractivity contribution is 5.19. The van der Waals surface area contributed by atoms with Gasteiger partial charge >= 0.3 is 0 Å². The van der Waals surface area contributed by atoms with Crippen molar-refractivity contribution >= 4 is 0 Å². The van der Waals surface area contributed by atoms with Gasteiger partial charge in [0.2, 0.25) is 0 Å². The minimum absolute atomic E-state index is 0.113. The fraction of sp³-hybridized carbons (Fsp3) is 0.900. The summed E-state index contributed by atoms with van der Waals surface area (Å²) in [6.45, 7) is 12.7. The Hall–Kier alpha value is -0.380. The Morgan fingerprint density at radius 2 is 1.70 bits per heavy atom. The second kappa shape index (κ2) is 5.06. The molecule has 0 spiro atoms. The molecular weight excluding hydrogens is 288 g/mol. The first-order chi connectivity index (χ1) is 10.5. The van der Waals surface area contributed by atoms with Crippen molar-refractivity contribution in [1.29, 1.82) is 0 Å². The van der Waals surface area contributed by atoms with Gasteiger partial charge in [-0.2, -0.15) is 0 Å². The maximum atomic E-state index is 11.5. The van der Waals surface area contributed by atoms with Gasteiger partial charge in [-0.05, 0) is 48.9 Å². The second-order valence-corrected chi connectivity index (χ2v) is 9.84. The molecule has 0 aliphatic heterocycles. The molecule has 3 rings (SSSR count). The summed E-state index contributed by atoms with van der Waals surface area (Å²) in [5, 5.41) is 33.3. The van der Waals surface area contributed by atoms with E-state index in [0.29, 0.717) is 18.8 Å². The Labute approximate surface area is 140 Å². The van der Waals surface area contributed by atoms with Crippen LogP contribution in [0.3, 0.4) is 0 Å². The molecule has 3 fully saturated rings. The molecule has 3 N–H and O–H groups in total. The largest absolute Gasteiger partial charge is 0.390 e. The van der Waals surface area contributed by atoms with Crippen molar-refractivity contribution in [2.45, 2.75) is 84.0 Å². The number of fused-ring (bicyclic) bond motifs is 3. The van der Waals surface area contributed by atoms with Gasteiger partial charge in [-0.1, -0.05) is 40.2 Å². The standard InChI is InChI=1S/C20H34O3/c1-6-18(4)12-20(23)11-8-13-17(2,3)9-7-10-19(13,5)15(20)14(21)16(18)22/h6,13-16,21-23H,1,7-12H2,2-5H3. The van der Waals surface area contributed by atoms with Crippen LogP contribution in [-0.2, 0) is 0 Å². The highest BCUT2D eigenvalue weighted by atomic mass is 16.3. The summed E-state index contributed by atoms with van der Waals surface area (Å²) in [5.74, 6) is 0.236. The number of hydrogen-bond donors (Lipinski definition) is 3. The smallest absolute Gasteiger partial charge is 0.0891 e. The Morgan fingerprint density at radius 3 is 2.30 bits per heavy atom. The molecule has 23 heavy (non-hydrogen) atoms. The van der Waals surface area contributed by atoms with Gasteiger partial charge in [-0.25, -0.2) is 0 Å². The molecular formula is C20H34O3. The fourth-order valence-electron chi connectivity index (χ4n) is 6.86. The molecule has 3 aliphatic rings. The number of aliphatic hydroxyl groups excluding tert-OH is 2. The van der Waals surface area contributed by atoms with E-state index < -0.39 is 23.2 Å². The van der Waals surface area contributed by atoms with Crippen LogP contribution in [-0.4, -0.2) is 33.1 Å². The van der Waals surface area contributed by atoms with Crippen LogP contribution < -0.4 is 0 Å². The van der Waals surface area contributed by atoms with E-state index in [-0.39, 0.29) is 16.7 Å². The summed E-state index contributed by atoms with van der Waals surface area (Å²) >= 11 is 0. The first kappa shape index (κ1) is 17.4. The Kier molecular flexibility index (Phi) is 3.84. The van der Waals surface area contributed by atoms with Gasteiger partial charge in [0.15, 0.2) is 0 Å². The SMILES string of the molecule is C=CC1(C)CC2(O)CCC3C(C)(C)CCCC3(C)C2C(O)C1O. The van der Waals surface area contributed by atoms with Crippen molar-refractivity contribution in [1.82, 2.24) is 0 Å². The van der Waals surface area contributed by atoms with Crippen LogP contribution >= 0.6 is 0 Å². The second-order valence-electron chi connectivity index (χ2n) is 9.84. The van der Waals surface area contributed by atoms with Gasteiger partial charge in [0.1, 0.15) is 0 Å². The van der Waals surface area contributed by atoms with E-state index in [9.17, 15) is 15.3 Å². The number of rotatable bonds is 1. The van der Waals surface area contributed by atoms with Crippen molar-refractivity contribution in [2.24, 2.45) is 28.1 Å². The van der Waals surface area contributed by atoms with Crippen molar-refractivity contribution in [3.8, 4) is 0 Å². The molecule has 7 unspecified atom stereocenters. The highest BCUT2D eigenvalue weighted by Gasteiger charge is 2.66. The number of aliphatic hydroxyl groups is 3. The predicted octanol–water partition coefficient (Wildman–Crippen LogP) is 3.28. The van der Waals surface area contributed by atoms with Crippen LogP contribution in [0.4, 0.5) is 0 Å². The van der Waals surface area contributed by atoms with Gasteiger partial charge in [-0.3, -0.25) is 0 Å². The molecule has 3 aliphatic carbocycles. The van der Waals surface area contributed by atoms with Crippen molar-refractivity contribution in [2.75, 3.05) is 0 Å². The summed E-state index contributed by atoms with van der Waals surface area (Å²) in [5.41, 5.74) is -1.41. The number of hydrogen-bond acceptors (Lipinski definition) is 3. The molecule has 3 saturated carbocycles. The van der Waals surface area contributed by atoms with Gasteiger partial charge in [0.05, 0.1) is 17.8 Å². The van der Waals surface area contributed by atoms with Crippen LogP contribution in [0.5, 0.6) is 0 Å². The summed E-state index contributed by atoms with van der Waals surface area (Å²) in [7, 11) is 0. The predicted molar refractivity (Wildman–Crippen MR) is 91.8 cm³/mol. The molecule has 0 heterocycles. The lowest BCUT2D eigenvalue weighted by Crippen LogP contribution is -2.69. The molecule has 0 saturated heterocycles. The van der Waals surface area contributed by atoms with Crippen molar-refractivity contribution in [3.63, 3.8) is 0 Å². The van der Waals surface area contributed by atoms with Crippen LogP contribution in [0, 0.1) is 28.1 Å². The first-order valence-corrected chi connectivity index (χ1v) is 9.22. The van der Waals surface area contributed by atoms with Gasteiger partial charge in [0, 0.05) is 11.3 Å². The molecule has 0 aromatic carbocycles. The lowest BCUT2D eigenvalue weighted by atomic mass is 9.41. The maximum Gasteiger partial charge on any atom is 0.0891 e. The third kappa shape index (κ3) is 2.26. The lowest BCUT2D eigenvalue weighted by Gasteiger charge is -2.66. The molecule has 0 radical (unpaired) electrons. The Bertz CT molecular complexity index is 501. The maximum absolute atomic E-state index is 11.5. The average Bonchev–Trinajstić information content (AvgIpc) is 2.43. The normalized spacial score (nSPS) is 55.6. The Balaban J connectivity index is 2.05. The van der Waals surface area contributed by atoms with Crippen LogP contribution in [0.2, 0.25) is 0 Å². The zero-order chi connectivity index (χ0) is 17.3. The summed E-state index contributed by atoms with van der Waals surface area (Å²) in [6, 6.07) is 0. The fourth-order valence-corrected chi connectivity index (χ4v) is 6.86. The van der Waals surface area contributed by atoms with E-state index >= 15 is 0 Å². The highest BCUT2D eigenvalue weighted by Crippen LogP contribution is 2.66. The summed E-state index contributed by atoms with van der Waals surface area (Å²) in [6.07, 6.45) is 5.56. The van der Waals surface area contributed by atoms with Crippen LogP contribution in [0.15, 0.2) is 12.7 Å². The molecule has 0 bridgehead atoms. The minimum atomic E-state index is -0.903. The topological polar surface area (TPSA) is 60.7 Å². The quantitative estimate of drug-likeness (QED) is 0.649. The molecule has 0 amide bonds. The summed E-state index contributed by atoms with van der Waals surface area (Å²) < 4.78 is 0. The van der Waals surface area contributed by atoms with E-state index in [1.807, 2.05) is 6.92 Å². The Morgan fingerprint density at radius 1 is 1.04 bits per heavy atom. The molecule has 3 nitrogen and oxygen atoms in total. The van der Waals surface area contributed by atoms with Crippen molar-refractivity contribution < 1.29 is 15.3 Å². The van der Waals surface area contributed by atoms with Crippen LogP contribution in [0.25, 0.3) is 0 Å². The van der Waals surface area contributed by atoms with E-state index in [1.165, 1.54) is 6.42 Å². The van der Waals surface area contributed by atoms with Crippen LogP contribution in [0.1, 0.15) is 66.2 Å². The molecule has 7 atom stereocenters. The van der Waals surface area contributed by atoms with Gasteiger partial charge < -0.3 is 15.3 Å². The van der Waals surface area contributed by atoms with Crippen molar-refractivity contribution in [3.05, 3.63) is 12.7 Å². The van der Waals surface area contributed by atoms with Gasteiger partial charge in [-0.15, -0.1) is 6.58 Å². The zero-order valence-electron chi connectivity index (χ0n) is 15.2.